The topological polar surface area (TPSA) is 215 Å². The normalized spacial score (nSPS) is 20.3. The van der Waals surface area contributed by atoms with Crippen molar-refractivity contribution in [1.29, 1.82) is 0 Å². The summed E-state index contributed by atoms with van der Waals surface area (Å²) in [6.07, 6.45) is 10.3. The van der Waals surface area contributed by atoms with Gasteiger partial charge in [0.2, 0.25) is 35.4 Å². The van der Waals surface area contributed by atoms with Gasteiger partial charge in [0.25, 0.3) is 0 Å². The van der Waals surface area contributed by atoms with E-state index in [9.17, 15) is 38.4 Å². The first-order valence-electron chi connectivity index (χ1n) is 26.8. The second kappa shape index (κ2) is 24.0. The van der Waals surface area contributed by atoms with Gasteiger partial charge in [0, 0.05) is 50.1 Å². The van der Waals surface area contributed by atoms with Gasteiger partial charge in [-0.15, -0.1) is 0 Å². The van der Waals surface area contributed by atoms with Gasteiger partial charge in [-0.25, -0.2) is 0 Å². The van der Waals surface area contributed by atoms with Crippen molar-refractivity contribution in [1.82, 2.24) is 41.7 Å². The van der Waals surface area contributed by atoms with Gasteiger partial charge in [-0.2, -0.15) is 0 Å². The minimum atomic E-state index is -0.971. The van der Waals surface area contributed by atoms with Crippen molar-refractivity contribution >= 4 is 59.2 Å². The molecule has 3 aromatic rings. The molecule has 16 nitrogen and oxygen atoms in total. The van der Waals surface area contributed by atoms with E-state index in [1.54, 1.807) is 52.2 Å². The molecule has 2 saturated heterocycles. The summed E-state index contributed by atoms with van der Waals surface area (Å²) < 4.78 is 0. The zero-order valence-corrected chi connectivity index (χ0v) is 45.9. The molecule has 7 rings (SSSR count). The highest BCUT2D eigenvalue weighted by Crippen LogP contribution is 2.34. The molecule has 0 spiro atoms. The summed E-state index contributed by atoms with van der Waals surface area (Å²) in [6.45, 7) is 15.2. The molecule has 4 aliphatic rings. The average Bonchev–Trinajstić information content (AvgIpc) is 4.25. The van der Waals surface area contributed by atoms with Crippen LogP contribution in [0.3, 0.4) is 0 Å². The first kappa shape index (κ1) is 56.9. The van der Waals surface area contributed by atoms with Gasteiger partial charge >= 0.3 is 0 Å². The summed E-state index contributed by atoms with van der Waals surface area (Å²) in [4.78, 5) is 116. The number of ketones is 2. The fourth-order valence-electron chi connectivity index (χ4n) is 10.8. The third-order valence-corrected chi connectivity index (χ3v) is 15.6. The fourth-order valence-corrected chi connectivity index (χ4v) is 10.8. The molecule has 0 bridgehead atoms. The van der Waals surface area contributed by atoms with Crippen LogP contribution >= 0.6 is 0 Å². The minimum Gasteiger partial charge on any atom is -0.350 e. The van der Waals surface area contributed by atoms with Crippen LogP contribution in [0.2, 0.25) is 0 Å². The van der Waals surface area contributed by atoms with E-state index in [2.05, 4.69) is 56.2 Å². The average molecular weight is 1040 g/mol. The highest BCUT2D eigenvalue weighted by Gasteiger charge is 2.47. The molecule has 16 heteroatoms. The summed E-state index contributed by atoms with van der Waals surface area (Å²) in [5.41, 5.74) is 5.53. The van der Waals surface area contributed by atoms with Crippen LogP contribution in [0.15, 0.2) is 72.8 Å². The largest absolute Gasteiger partial charge is 0.350 e. The highest BCUT2D eigenvalue weighted by atomic mass is 16.2. The van der Waals surface area contributed by atoms with E-state index >= 15 is 0 Å². The van der Waals surface area contributed by atoms with Gasteiger partial charge in [-0.05, 0) is 116 Å². The Morgan fingerprint density at radius 2 is 0.947 bits per heavy atom. The molecular formula is C60H78N8O8. The number of allylic oxidation sites excluding steroid dienone is 2. The lowest BCUT2D eigenvalue weighted by atomic mass is 9.85. The van der Waals surface area contributed by atoms with Crippen LogP contribution in [0.25, 0.3) is 12.2 Å². The third-order valence-electron chi connectivity index (χ3n) is 15.6. The molecule has 0 aromatic heterocycles. The zero-order valence-electron chi connectivity index (χ0n) is 45.9. The Hall–Kier alpha value is -6.78. The van der Waals surface area contributed by atoms with Gasteiger partial charge in [0.15, 0.2) is 11.6 Å². The van der Waals surface area contributed by atoms with Crippen LogP contribution in [0.1, 0.15) is 135 Å². The molecule has 0 radical (unpaired) electrons. The van der Waals surface area contributed by atoms with Crippen LogP contribution in [0, 0.1) is 22.7 Å². The van der Waals surface area contributed by atoms with E-state index in [1.165, 1.54) is 20.9 Å². The Morgan fingerprint density at radius 1 is 0.566 bits per heavy atom. The number of rotatable bonds is 20. The van der Waals surface area contributed by atoms with Crippen LogP contribution < -0.4 is 31.9 Å². The maximum absolute atomic E-state index is 14.7. The number of Topliss-reactive ketones (excluding diaryl/α,β-unsaturated/α-hetero) is 2. The maximum atomic E-state index is 14.7. The van der Waals surface area contributed by atoms with Crippen molar-refractivity contribution in [3.05, 3.63) is 117 Å². The molecule has 76 heavy (non-hydrogen) atoms. The van der Waals surface area contributed by atoms with Gasteiger partial charge in [0.05, 0.1) is 12.1 Å². The number of hydrogen-bond donors (Lipinski definition) is 6. The number of fused-ring (bicyclic) bond motifs is 2. The third kappa shape index (κ3) is 13.2. The second-order valence-corrected chi connectivity index (χ2v) is 23.3. The van der Waals surface area contributed by atoms with E-state index < -0.39 is 70.7 Å². The smallest absolute Gasteiger partial charge is 0.246 e. The number of nitrogens with zero attached hydrogens (tertiary/aromatic N) is 2. The minimum absolute atomic E-state index is 0.0112. The van der Waals surface area contributed by atoms with E-state index in [1.807, 2.05) is 78.0 Å². The van der Waals surface area contributed by atoms with Crippen LogP contribution in [0.4, 0.5) is 0 Å². The highest BCUT2D eigenvalue weighted by molar-refractivity contribution is 6.02. The lowest BCUT2D eigenvalue weighted by Crippen LogP contribution is -2.59. The number of carbonyl (C=O) groups is 8. The van der Waals surface area contributed by atoms with Crippen molar-refractivity contribution in [3.63, 3.8) is 0 Å². The molecule has 2 aliphatic carbocycles. The van der Waals surface area contributed by atoms with Crippen molar-refractivity contribution in [2.24, 2.45) is 22.7 Å². The van der Waals surface area contributed by atoms with Gasteiger partial charge in [-0.1, -0.05) is 120 Å². The molecular weight excluding hydrogens is 961 g/mol. The standard InChI is InChI=1S/C60H78N8O8/c1-35(61-9)53(71)65-51(59(3,4)5)57(75)67-33-37(26-47(67)55(73)63-31-43-22-11-16-39-18-14-24-45(39)43)28-49(69)41-20-13-21-42(30-41)50(70)29-38-27-48(56(74)64-32-44-23-12-17-40-19-15-25-46(40)44)68(34-38)58(76)52(60(6,7)8)66-54(72)36(2)62-10/h11-17,20-25,30,35-38,47-48,51-52,61-62H,18-19,26-29,31-34H2,1-10H3,(H,63,73)(H,64,74)(H,65,71)(H,66,72)/t35-,36-,37+,38+,47-,48-,51+,52+/m0/s1. The molecule has 2 fully saturated rings. The predicted octanol–water partition coefficient (Wildman–Crippen LogP) is 5.32. The first-order valence-corrected chi connectivity index (χ1v) is 26.8. The lowest BCUT2D eigenvalue weighted by molar-refractivity contribution is -0.144. The number of hydrogen-bond acceptors (Lipinski definition) is 10. The molecule has 3 aromatic carbocycles. The predicted molar refractivity (Wildman–Crippen MR) is 293 cm³/mol. The van der Waals surface area contributed by atoms with E-state index in [0.29, 0.717) is 11.1 Å². The number of carbonyl (C=O) groups excluding carboxylic acids is 8. The Bertz CT molecular complexity index is 2610. The number of nitrogens with one attached hydrogen (secondary N) is 6. The molecule has 0 saturated carbocycles. The SMILES string of the molecule is CN[C@@H](C)C(=O)N[C@H](C(=O)N1C[C@@H](CC(=O)c2cccc(C(=O)C[C@H]3C[C@@H](C(=O)NCc4cccc5c4C=CC5)N(C(=O)[C@@H](NC(=O)[C@H](C)NC)C(C)(C)C)C3)c2)C[C@H]1C(=O)NCc1cccc2c1C=CC2)C(C)(C)C. The molecule has 406 valence electrons. The number of likely N-dealkylation sites (N-methyl/N-ethyl adjacent to an activating group) is 2. The number of likely N-dealkylation sites (tertiary alicyclic amines) is 2. The van der Waals surface area contributed by atoms with Crippen molar-refractivity contribution < 1.29 is 38.4 Å². The second-order valence-electron chi connectivity index (χ2n) is 23.3. The van der Waals surface area contributed by atoms with Gasteiger partial charge in [-0.3, -0.25) is 38.4 Å². The Balaban J connectivity index is 1.07. The maximum Gasteiger partial charge on any atom is 0.246 e. The molecule has 6 amide bonds. The molecule has 2 heterocycles. The monoisotopic (exact) mass is 1040 g/mol. The van der Waals surface area contributed by atoms with Gasteiger partial charge in [0.1, 0.15) is 24.2 Å². The van der Waals surface area contributed by atoms with Crippen LogP contribution in [0.5, 0.6) is 0 Å². The summed E-state index contributed by atoms with van der Waals surface area (Å²) in [5, 5.41) is 17.8. The van der Waals surface area contributed by atoms with E-state index in [4.69, 9.17) is 0 Å². The zero-order chi connectivity index (χ0) is 55.2. The van der Waals surface area contributed by atoms with Crippen molar-refractivity contribution in [2.75, 3.05) is 27.2 Å². The summed E-state index contributed by atoms with van der Waals surface area (Å²) in [6, 6.07) is 13.6. The fraction of sp³-hybridized carbons (Fsp3) is 0.500. The van der Waals surface area contributed by atoms with E-state index in [-0.39, 0.29) is 87.1 Å². The van der Waals surface area contributed by atoms with Crippen molar-refractivity contribution in [3.8, 4) is 0 Å². The Labute approximate surface area is 448 Å². The molecule has 2 aliphatic heterocycles. The Morgan fingerprint density at radius 3 is 1.32 bits per heavy atom. The molecule has 0 unspecified atom stereocenters. The summed E-state index contributed by atoms with van der Waals surface area (Å²) >= 11 is 0. The summed E-state index contributed by atoms with van der Waals surface area (Å²) in [7, 11) is 3.31. The quantitative estimate of drug-likeness (QED) is 0.0802. The molecule has 8 atom stereocenters. The van der Waals surface area contributed by atoms with Crippen molar-refractivity contribution in [2.45, 2.75) is 143 Å². The van der Waals surface area contributed by atoms with E-state index in [0.717, 1.165) is 35.1 Å². The first-order chi connectivity index (χ1) is 36.0. The molecule has 6 N–H and O–H groups in total. The number of benzene rings is 3. The van der Waals surface area contributed by atoms with Gasteiger partial charge < -0.3 is 41.7 Å². The number of amides is 6. The van der Waals surface area contributed by atoms with Crippen LogP contribution in [-0.2, 0) is 54.7 Å². The lowest BCUT2D eigenvalue weighted by Gasteiger charge is -2.36. The van der Waals surface area contributed by atoms with Crippen LogP contribution in [-0.4, -0.2) is 120 Å². The summed E-state index contributed by atoms with van der Waals surface area (Å²) in [5.74, 6) is -3.64. The Kier molecular flexibility index (Phi) is 18.0.